The fraction of sp³-hybridized carbons (Fsp3) is 0. The van der Waals surface area contributed by atoms with E-state index in [9.17, 15) is 9.60 Å². The van der Waals surface area contributed by atoms with Gasteiger partial charge in [-0.15, -0.1) is 0 Å². The van der Waals surface area contributed by atoms with Crippen molar-refractivity contribution in [3.8, 4) is 55.9 Å². The van der Waals surface area contributed by atoms with Crippen LogP contribution < -0.4 is 9.80 Å². The molecule has 16 aromatic carbocycles. The molecule has 0 spiro atoms. The van der Waals surface area contributed by atoms with Crippen LogP contribution in [0.2, 0.25) is 0 Å². The molecule has 18 aromatic rings. The zero-order valence-electron chi connectivity index (χ0n) is 66.6. The van der Waals surface area contributed by atoms with Crippen molar-refractivity contribution in [2.75, 3.05) is 9.80 Å². The van der Waals surface area contributed by atoms with Gasteiger partial charge in [-0.1, -0.05) is 267 Å². The maximum Gasteiger partial charge on any atom is 0.0651 e. The highest BCUT2D eigenvalue weighted by atomic mass is 15.1. The standard InChI is InChI=1S/2C46H32N2/c2*1-3-13-33(14-4-1)34-25-28-39(29-26-34)47(44-24-12-16-35-15-7-8-21-41(35)44)40-20-11-17-36(31-40)37-27-30-46-43(32-37)42-22-9-10-23-45(42)48(46)38-18-5-2-6-19-38/h2*1-32H/i7D,8D,11D,12D,15D,16D,17D,20D,21D,24D,31D;11D,17D,20D,31D. The molecule has 0 aliphatic heterocycles. The molecule has 4 heteroatoms. The molecule has 4 nitrogen and oxygen atoms in total. The van der Waals surface area contributed by atoms with E-state index >= 15 is 0 Å². The van der Waals surface area contributed by atoms with Gasteiger partial charge in [0.05, 0.1) is 54.0 Å². The van der Waals surface area contributed by atoms with E-state index in [0.29, 0.717) is 16.7 Å². The Labute approximate surface area is 580 Å². The van der Waals surface area contributed by atoms with Gasteiger partial charge >= 0.3 is 0 Å². The van der Waals surface area contributed by atoms with E-state index in [-0.39, 0.29) is 75.3 Å². The second kappa shape index (κ2) is 25.0. The van der Waals surface area contributed by atoms with E-state index in [1.54, 1.807) is 30.3 Å². The summed E-state index contributed by atoms with van der Waals surface area (Å²) < 4.78 is 141. The van der Waals surface area contributed by atoms with Crippen LogP contribution in [0.5, 0.6) is 0 Å². The highest BCUT2D eigenvalue weighted by molar-refractivity contribution is 6.12. The fourth-order valence-electron chi connectivity index (χ4n) is 13.1. The number of aromatic nitrogens is 2. The summed E-state index contributed by atoms with van der Waals surface area (Å²) >= 11 is 0. The predicted octanol–water partition coefficient (Wildman–Crippen LogP) is 25.5. The second-order valence-corrected chi connectivity index (χ2v) is 23.3. The Morgan fingerprint density at radius 1 is 0.219 bits per heavy atom. The number of benzene rings is 16. The summed E-state index contributed by atoms with van der Waals surface area (Å²) in [5.41, 5.74) is 12.7. The van der Waals surface area contributed by atoms with Crippen LogP contribution in [0.4, 0.5) is 34.1 Å². The molecule has 18 rings (SSSR count). The Morgan fingerprint density at radius 3 is 1.15 bits per heavy atom. The first-order valence-corrected chi connectivity index (χ1v) is 31.7. The number of fused-ring (bicyclic) bond motifs is 8. The van der Waals surface area contributed by atoms with Crippen LogP contribution in [0.15, 0.2) is 388 Å². The number of anilines is 6. The third kappa shape index (κ3) is 10.7. The number of nitrogens with zero attached hydrogens (tertiary/aromatic N) is 4. The molecule has 0 saturated heterocycles. The van der Waals surface area contributed by atoms with E-state index in [2.05, 4.69) is 45.5 Å². The quantitative estimate of drug-likeness (QED) is 0.121. The summed E-state index contributed by atoms with van der Waals surface area (Å²) in [6.45, 7) is 0. The van der Waals surface area contributed by atoms with Gasteiger partial charge in [-0.2, -0.15) is 0 Å². The van der Waals surface area contributed by atoms with Crippen molar-refractivity contribution in [1.29, 1.82) is 0 Å². The van der Waals surface area contributed by atoms with Crippen molar-refractivity contribution in [2.24, 2.45) is 0 Å². The lowest BCUT2D eigenvalue weighted by atomic mass is 10.0. The van der Waals surface area contributed by atoms with Gasteiger partial charge in [0.25, 0.3) is 0 Å². The van der Waals surface area contributed by atoms with Crippen molar-refractivity contribution in [3.63, 3.8) is 0 Å². The van der Waals surface area contributed by atoms with Crippen LogP contribution in [0, 0.1) is 0 Å². The average Bonchev–Trinajstić information content (AvgIpc) is 1.65. The van der Waals surface area contributed by atoms with Crippen molar-refractivity contribution >= 4 is 99.3 Å². The van der Waals surface area contributed by atoms with Gasteiger partial charge in [0.15, 0.2) is 0 Å². The molecule has 96 heavy (non-hydrogen) atoms. The number of rotatable bonds is 12. The Morgan fingerprint density at radius 2 is 0.615 bits per heavy atom. The largest absolute Gasteiger partial charge is 0.310 e. The van der Waals surface area contributed by atoms with E-state index < -0.39 is 54.4 Å². The van der Waals surface area contributed by atoms with Crippen LogP contribution >= 0.6 is 0 Å². The lowest BCUT2D eigenvalue weighted by Crippen LogP contribution is -2.10. The molecule has 0 aliphatic carbocycles. The maximum atomic E-state index is 9.86. The minimum atomic E-state index is -0.622. The van der Waals surface area contributed by atoms with Crippen LogP contribution in [0.1, 0.15) is 20.6 Å². The monoisotopic (exact) mass is 1240 g/mol. The van der Waals surface area contributed by atoms with Crippen molar-refractivity contribution in [3.05, 3.63) is 388 Å². The molecular formula is C92H64N4. The van der Waals surface area contributed by atoms with Gasteiger partial charge in [-0.05, 0) is 176 Å². The van der Waals surface area contributed by atoms with Gasteiger partial charge < -0.3 is 18.9 Å². The first-order valence-electron chi connectivity index (χ1n) is 39.2. The molecule has 0 amide bonds. The van der Waals surface area contributed by atoms with Crippen LogP contribution in [-0.2, 0) is 0 Å². The predicted molar refractivity (Wildman–Crippen MR) is 408 cm³/mol. The molecule has 0 N–H and O–H groups in total. The molecule has 0 saturated carbocycles. The molecule has 452 valence electrons. The van der Waals surface area contributed by atoms with Gasteiger partial charge in [0.1, 0.15) is 0 Å². The van der Waals surface area contributed by atoms with Crippen molar-refractivity contribution < 1.29 is 20.6 Å². The zero-order valence-corrected chi connectivity index (χ0v) is 51.6. The number of hydrogen-bond donors (Lipinski definition) is 0. The summed E-state index contributed by atoms with van der Waals surface area (Å²) in [5, 5.41) is 5.24. The molecule has 0 fully saturated rings. The van der Waals surface area contributed by atoms with Gasteiger partial charge in [0, 0.05) is 66.4 Å². The Balaban J connectivity index is 0.000000163. The smallest absolute Gasteiger partial charge is 0.0651 e. The van der Waals surface area contributed by atoms with Gasteiger partial charge in [-0.25, -0.2) is 0 Å². The van der Waals surface area contributed by atoms with Crippen molar-refractivity contribution in [2.45, 2.75) is 0 Å². The summed E-state index contributed by atoms with van der Waals surface area (Å²) in [6, 6.07) is 90.4. The molecule has 2 aromatic heterocycles. The molecule has 2 heterocycles. The normalized spacial score (nSPS) is 13.5. The first kappa shape index (κ1) is 43.1. The van der Waals surface area contributed by atoms with E-state index in [1.807, 2.05) is 235 Å². The van der Waals surface area contributed by atoms with Gasteiger partial charge in [-0.3, -0.25) is 0 Å². The third-order valence-corrected chi connectivity index (χ3v) is 17.6. The van der Waals surface area contributed by atoms with Crippen LogP contribution in [-0.4, -0.2) is 9.13 Å². The van der Waals surface area contributed by atoms with Crippen molar-refractivity contribution in [1.82, 2.24) is 9.13 Å². The van der Waals surface area contributed by atoms with Gasteiger partial charge in [0.2, 0.25) is 0 Å². The Kier molecular flexibility index (Phi) is 11.3. The van der Waals surface area contributed by atoms with E-state index in [0.717, 1.165) is 99.4 Å². The summed E-state index contributed by atoms with van der Waals surface area (Å²) in [7, 11) is 0. The molecule has 0 radical (unpaired) electrons. The molecule has 0 aliphatic rings. The Bertz CT molecular complexity index is 6740. The SMILES string of the molecule is [2H]c1c([2H])c(-c2ccc3c(c2)c2ccccc2n3-c2ccccc2)c([2H])c(N(c2ccc(-c3ccccc3)cc2)c2c([2H])c([2H])c([2H])c3c([2H])c([2H])c([2H])c([2H])c23)c1[2H].[2H]c1c([2H])c(-c2ccc3c(c2)c2ccccc2n3-c2ccccc2)c([2H])c(N(c2ccc(-c3ccccc3)cc2)c2cccc3ccccc23)c1[2H]. The molecule has 0 unspecified atom stereocenters. The lowest BCUT2D eigenvalue weighted by molar-refractivity contribution is 1.18. The lowest BCUT2D eigenvalue weighted by Gasteiger charge is -2.27. The summed E-state index contributed by atoms with van der Waals surface area (Å²) in [6.07, 6.45) is 0. The van der Waals surface area contributed by atoms with E-state index in [4.69, 9.17) is 11.0 Å². The minimum absolute atomic E-state index is 0.0252. The third-order valence-electron chi connectivity index (χ3n) is 17.6. The number of para-hydroxylation sites is 4. The fourth-order valence-corrected chi connectivity index (χ4v) is 13.1. The highest BCUT2D eigenvalue weighted by Gasteiger charge is 2.21. The van der Waals surface area contributed by atoms with Crippen LogP contribution in [0.3, 0.4) is 0 Å². The minimum Gasteiger partial charge on any atom is -0.310 e. The number of hydrogen-bond acceptors (Lipinski definition) is 2. The first-order chi connectivity index (χ1) is 53.9. The molecular weight excluding hydrogens is 1160 g/mol. The van der Waals surface area contributed by atoms with E-state index in [1.165, 1.54) is 4.90 Å². The zero-order chi connectivity index (χ0) is 76.8. The average molecular weight is 1240 g/mol. The Hall–Kier alpha value is -12.8. The topological polar surface area (TPSA) is 16.3 Å². The molecule has 0 atom stereocenters. The summed E-state index contributed by atoms with van der Waals surface area (Å²) in [5.74, 6) is 0. The maximum absolute atomic E-state index is 9.86. The molecule has 0 bridgehead atoms. The highest BCUT2D eigenvalue weighted by Crippen LogP contribution is 2.45. The summed E-state index contributed by atoms with van der Waals surface area (Å²) in [4.78, 5) is 3.23. The second-order valence-electron chi connectivity index (χ2n) is 23.3. The van der Waals surface area contributed by atoms with Crippen LogP contribution in [0.25, 0.3) is 121 Å².